The Kier molecular flexibility index (Phi) is 6.34. The van der Waals surface area contributed by atoms with Crippen molar-refractivity contribution in [1.29, 1.82) is 0 Å². The van der Waals surface area contributed by atoms with Crippen LogP contribution in [-0.2, 0) is 5.41 Å². The maximum atomic E-state index is 6.91. The molecule has 0 atom stereocenters. The molecule has 2 aliphatic carbocycles. The Bertz CT molecular complexity index is 3300. The highest BCUT2D eigenvalue weighted by atomic mass is 16.6. The monoisotopic (exact) mass is 740 g/mol. The minimum absolute atomic E-state index is 0.617. The maximum Gasteiger partial charge on any atom is 0.175 e. The van der Waals surface area contributed by atoms with Gasteiger partial charge in [0.2, 0.25) is 0 Å². The van der Waals surface area contributed by atoms with Crippen molar-refractivity contribution < 1.29 is 9.47 Å². The van der Waals surface area contributed by atoms with Crippen molar-refractivity contribution in [2.24, 2.45) is 0 Å². The van der Waals surface area contributed by atoms with Gasteiger partial charge in [-0.05, 0) is 105 Å². The average molecular weight is 741 g/mol. The number of hydrogen-bond donors (Lipinski definition) is 0. The van der Waals surface area contributed by atoms with Gasteiger partial charge in [-0.15, -0.1) is 0 Å². The number of hydrogen-bond acceptors (Lipinski definition) is 3. The van der Waals surface area contributed by atoms with E-state index in [1.54, 1.807) is 0 Å². The predicted octanol–water partition coefficient (Wildman–Crippen LogP) is 13.8. The first-order valence-electron chi connectivity index (χ1n) is 19.8. The van der Waals surface area contributed by atoms with E-state index in [1.807, 2.05) is 36.5 Å². The molecular weight excluding hydrogens is 709 g/mol. The van der Waals surface area contributed by atoms with Crippen LogP contribution in [-0.4, -0.2) is 9.55 Å². The Hall–Kier alpha value is -7.69. The van der Waals surface area contributed by atoms with Crippen molar-refractivity contribution >= 4 is 21.8 Å². The van der Waals surface area contributed by atoms with Gasteiger partial charge in [-0.1, -0.05) is 133 Å². The third-order valence-electron chi connectivity index (χ3n) is 12.5. The fourth-order valence-corrected chi connectivity index (χ4v) is 10.1. The van der Waals surface area contributed by atoms with Crippen LogP contribution in [0.25, 0.3) is 72.1 Å². The highest BCUT2D eigenvalue weighted by Gasteiger charge is 2.54. The van der Waals surface area contributed by atoms with Crippen LogP contribution in [0.15, 0.2) is 194 Å². The van der Waals surface area contributed by atoms with Gasteiger partial charge < -0.3 is 14.0 Å². The first kappa shape index (κ1) is 31.5. The van der Waals surface area contributed by atoms with Gasteiger partial charge in [0.15, 0.2) is 23.0 Å². The summed E-state index contributed by atoms with van der Waals surface area (Å²) >= 11 is 0. The van der Waals surface area contributed by atoms with E-state index in [-0.39, 0.29) is 0 Å². The van der Waals surface area contributed by atoms with Crippen LogP contribution in [0.5, 0.6) is 23.0 Å². The van der Waals surface area contributed by atoms with Crippen LogP contribution in [0.4, 0.5) is 0 Å². The van der Waals surface area contributed by atoms with Crippen molar-refractivity contribution in [2.75, 3.05) is 0 Å². The lowest BCUT2D eigenvalue weighted by Gasteiger charge is -2.33. The van der Waals surface area contributed by atoms with Gasteiger partial charge in [-0.2, -0.15) is 0 Å². The zero-order valence-electron chi connectivity index (χ0n) is 31.2. The minimum atomic E-state index is -0.617. The van der Waals surface area contributed by atoms with E-state index in [0.29, 0.717) is 0 Å². The fourth-order valence-electron chi connectivity index (χ4n) is 10.1. The second kappa shape index (κ2) is 11.7. The van der Waals surface area contributed by atoms with E-state index in [9.17, 15) is 0 Å². The zero-order chi connectivity index (χ0) is 38.0. The second-order valence-corrected chi connectivity index (χ2v) is 15.4. The molecule has 3 aliphatic rings. The van der Waals surface area contributed by atoms with Crippen molar-refractivity contribution in [3.05, 3.63) is 217 Å². The van der Waals surface area contributed by atoms with E-state index < -0.39 is 5.41 Å². The van der Waals surface area contributed by atoms with E-state index >= 15 is 0 Å². The van der Waals surface area contributed by atoms with E-state index in [1.165, 1.54) is 49.7 Å². The number of benzene rings is 8. The summed E-state index contributed by atoms with van der Waals surface area (Å²) in [6.45, 7) is 0. The van der Waals surface area contributed by atoms with Crippen molar-refractivity contribution in [3.63, 3.8) is 0 Å². The van der Waals surface area contributed by atoms with Crippen molar-refractivity contribution in [2.45, 2.75) is 5.41 Å². The lowest BCUT2D eigenvalue weighted by atomic mass is 9.70. The van der Waals surface area contributed by atoms with E-state index in [4.69, 9.17) is 14.5 Å². The average Bonchev–Trinajstić information content (AvgIpc) is 3.90. The van der Waals surface area contributed by atoms with Gasteiger partial charge in [0.1, 0.15) is 0 Å². The van der Waals surface area contributed by atoms with Crippen molar-refractivity contribution in [3.8, 4) is 73.3 Å². The summed E-state index contributed by atoms with van der Waals surface area (Å²) in [5, 5.41) is 2.41. The Morgan fingerprint density at radius 1 is 0.414 bits per heavy atom. The van der Waals surface area contributed by atoms with Crippen LogP contribution in [0.1, 0.15) is 22.3 Å². The third kappa shape index (κ3) is 4.16. The summed E-state index contributed by atoms with van der Waals surface area (Å²) in [4.78, 5) is 4.90. The molecule has 0 unspecified atom stereocenters. The fraction of sp³-hybridized carbons (Fsp3) is 0.0185. The molecule has 4 nitrogen and oxygen atoms in total. The predicted molar refractivity (Wildman–Crippen MR) is 232 cm³/mol. The topological polar surface area (TPSA) is 36.3 Å². The molecule has 0 saturated heterocycles. The summed E-state index contributed by atoms with van der Waals surface area (Å²) < 4.78 is 15.8. The van der Waals surface area contributed by atoms with E-state index in [0.717, 1.165) is 67.7 Å². The van der Waals surface area contributed by atoms with Gasteiger partial charge in [-0.25, -0.2) is 0 Å². The molecule has 1 spiro atoms. The summed E-state index contributed by atoms with van der Waals surface area (Å²) in [6.07, 6.45) is 1.99. The molecule has 0 saturated carbocycles. The number of para-hydroxylation sites is 3. The molecule has 0 radical (unpaired) electrons. The first-order chi connectivity index (χ1) is 28.8. The lowest BCUT2D eigenvalue weighted by Crippen LogP contribution is -2.27. The van der Waals surface area contributed by atoms with Crippen LogP contribution in [0, 0.1) is 0 Å². The highest BCUT2D eigenvalue weighted by molar-refractivity contribution is 6.10. The first-order valence-corrected chi connectivity index (χ1v) is 19.8. The summed E-state index contributed by atoms with van der Waals surface area (Å²) in [5.41, 5.74) is 16.9. The van der Waals surface area contributed by atoms with Gasteiger partial charge in [0.05, 0.1) is 34.0 Å². The molecule has 13 rings (SSSR count). The van der Waals surface area contributed by atoms with Crippen LogP contribution in [0.2, 0.25) is 0 Å². The molecule has 1 aliphatic heterocycles. The van der Waals surface area contributed by atoms with Crippen LogP contribution >= 0.6 is 0 Å². The number of nitrogens with zero attached hydrogens (tertiary/aromatic N) is 2. The molecule has 0 N–H and O–H groups in total. The molecule has 0 fully saturated rings. The summed E-state index contributed by atoms with van der Waals surface area (Å²) in [5.74, 6) is 2.97. The Morgan fingerprint density at radius 3 is 1.84 bits per heavy atom. The Morgan fingerprint density at radius 2 is 1.05 bits per heavy atom. The van der Waals surface area contributed by atoms with Crippen LogP contribution in [0.3, 0.4) is 0 Å². The SMILES string of the molecule is c1ccc(-c2ccc(-n3c4ccccc4c4cc(-c5ccc6c(c5)C5(c7ccccc7-c7ccccc75)c5c-6ccc6c5Oc5ccccc5O6)ccc43)cn2)cc1. The smallest absolute Gasteiger partial charge is 0.175 e. The number of rotatable bonds is 3. The highest BCUT2D eigenvalue weighted by Crippen LogP contribution is 2.67. The lowest BCUT2D eigenvalue weighted by molar-refractivity contribution is 0.354. The van der Waals surface area contributed by atoms with Gasteiger partial charge in [0, 0.05) is 21.9 Å². The zero-order valence-corrected chi connectivity index (χ0v) is 31.2. The molecular formula is C54H32N2O2. The Labute approximate surface area is 334 Å². The summed E-state index contributed by atoms with van der Waals surface area (Å²) in [7, 11) is 0. The second-order valence-electron chi connectivity index (χ2n) is 15.4. The standard InChI is InChI=1S/C54H32N2O2/c1-2-12-33(13-3-1)46-27-24-36(32-55-46)56-47-19-9-6-16-40(47)42-30-34(23-28-48(42)56)35-22-25-39-41-26-29-51-53(58-50-21-11-10-20-49(50)57-51)52(41)54(45(39)31-35)43-17-7-4-14-37(43)38-15-5-8-18-44(38)54/h1-32H. The van der Waals surface area contributed by atoms with Crippen molar-refractivity contribution in [1.82, 2.24) is 9.55 Å². The molecule has 2 aromatic heterocycles. The minimum Gasteiger partial charge on any atom is -0.450 e. The number of pyridine rings is 1. The number of ether oxygens (including phenoxy) is 2. The molecule has 0 amide bonds. The molecule has 270 valence electrons. The molecule has 10 aromatic rings. The Balaban J connectivity index is 1.01. The quantitative estimate of drug-likeness (QED) is 0.181. The normalized spacial score (nSPS) is 13.6. The van der Waals surface area contributed by atoms with E-state index in [2.05, 4.69) is 162 Å². The molecule has 4 heteroatoms. The largest absolute Gasteiger partial charge is 0.450 e. The molecule has 3 heterocycles. The molecule has 8 aromatic carbocycles. The van der Waals surface area contributed by atoms with Gasteiger partial charge >= 0.3 is 0 Å². The third-order valence-corrected chi connectivity index (χ3v) is 12.5. The number of aromatic nitrogens is 2. The van der Waals surface area contributed by atoms with Gasteiger partial charge in [-0.3, -0.25) is 4.98 Å². The van der Waals surface area contributed by atoms with Gasteiger partial charge in [0.25, 0.3) is 0 Å². The number of fused-ring (bicyclic) bond motifs is 16. The maximum absolute atomic E-state index is 6.91. The molecule has 0 bridgehead atoms. The molecule has 58 heavy (non-hydrogen) atoms. The summed E-state index contributed by atoms with van der Waals surface area (Å²) in [6, 6.07) is 67.3. The van der Waals surface area contributed by atoms with Crippen LogP contribution < -0.4 is 9.47 Å².